The predicted octanol–water partition coefficient (Wildman–Crippen LogP) is 0.981. The second-order valence-electron chi connectivity index (χ2n) is 7.13. The van der Waals surface area contributed by atoms with Gasteiger partial charge in [-0.05, 0) is 25.1 Å². The molecule has 2 heterocycles. The second-order valence-corrected chi connectivity index (χ2v) is 7.13. The van der Waals surface area contributed by atoms with E-state index in [1.807, 2.05) is 31.2 Å². The van der Waals surface area contributed by atoms with E-state index in [9.17, 15) is 14.7 Å². The molecule has 1 saturated heterocycles. The van der Waals surface area contributed by atoms with Gasteiger partial charge in [0.2, 0.25) is 0 Å². The molecule has 0 spiro atoms. The summed E-state index contributed by atoms with van der Waals surface area (Å²) in [5, 5.41) is 18.6. The number of morpholine rings is 1. The van der Waals surface area contributed by atoms with Crippen molar-refractivity contribution in [3.63, 3.8) is 0 Å². The van der Waals surface area contributed by atoms with Gasteiger partial charge >= 0.3 is 0 Å². The standard InChI is InChI=1S/C21H21N5O4/c1-11-5-7-12(8-6-11)26-9-10-30-17(21(26)29)16(27)19-24-14-4-2-3-13(18(22)23)15(14)20(28)25-19/h2-8,16-17,27H,9-10H2,1H3,(H3,22,23)(H,24,25,28)/t16-,17-/m1/s1. The summed E-state index contributed by atoms with van der Waals surface area (Å²) < 4.78 is 5.54. The van der Waals surface area contributed by atoms with Crippen LogP contribution in [0.1, 0.15) is 23.1 Å². The lowest BCUT2D eigenvalue weighted by Gasteiger charge is -2.34. The van der Waals surface area contributed by atoms with Crippen molar-refractivity contribution < 1.29 is 14.6 Å². The number of nitrogens with two attached hydrogens (primary N) is 1. The zero-order valence-corrected chi connectivity index (χ0v) is 16.3. The highest BCUT2D eigenvalue weighted by molar-refractivity contribution is 6.06. The Hall–Kier alpha value is -3.56. The highest BCUT2D eigenvalue weighted by Crippen LogP contribution is 2.26. The first-order valence-electron chi connectivity index (χ1n) is 9.42. The second kappa shape index (κ2) is 7.69. The van der Waals surface area contributed by atoms with Crippen LogP contribution in [0.2, 0.25) is 0 Å². The van der Waals surface area contributed by atoms with Gasteiger partial charge in [-0.2, -0.15) is 4.98 Å². The van der Waals surface area contributed by atoms with Gasteiger partial charge in [0, 0.05) is 17.8 Å². The number of anilines is 1. The molecule has 30 heavy (non-hydrogen) atoms. The van der Waals surface area contributed by atoms with Crippen LogP contribution in [0.25, 0.3) is 10.9 Å². The number of amides is 1. The van der Waals surface area contributed by atoms with E-state index in [2.05, 4.69) is 9.97 Å². The number of H-pyrrole nitrogens is 1. The number of fused-ring (bicyclic) bond motifs is 1. The molecule has 154 valence electrons. The molecule has 4 rings (SSSR count). The minimum Gasteiger partial charge on any atom is -0.384 e. The van der Waals surface area contributed by atoms with Crippen LogP contribution in [0.4, 0.5) is 5.69 Å². The Bertz CT molecular complexity index is 1190. The van der Waals surface area contributed by atoms with Crippen LogP contribution in [0.15, 0.2) is 47.3 Å². The van der Waals surface area contributed by atoms with Gasteiger partial charge in [0.15, 0.2) is 6.10 Å². The first-order chi connectivity index (χ1) is 14.4. The number of amidine groups is 1. The summed E-state index contributed by atoms with van der Waals surface area (Å²) in [6, 6.07) is 12.3. The molecular formula is C21H21N5O4. The topological polar surface area (TPSA) is 145 Å². The van der Waals surface area contributed by atoms with Gasteiger partial charge in [-0.25, -0.2) is 0 Å². The molecule has 9 nitrogen and oxygen atoms in total. The molecule has 1 fully saturated rings. The number of aromatic nitrogens is 2. The number of carbonyl (C=O) groups is 1. The highest BCUT2D eigenvalue weighted by Gasteiger charge is 2.38. The fourth-order valence-electron chi connectivity index (χ4n) is 3.54. The Kier molecular flexibility index (Phi) is 5.06. The van der Waals surface area contributed by atoms with E-state index >= 15 is 0 Å². The number of nitrogens with zero attached hydrogens (tertiary/aromatic N) is 2. The summed E-state index contributed by atoms with van der Waals surface area (Å²) in [7, 11) is 0. The monoisotopic (exact) mass is 407 g/mol. The van der Waals surface area contributed by atoms with Crippen molar-refractivity contribution in [3.8, 4) is 0 Å². The molecule has 3 aromatic rings. The normalized spacial score (nSPS) is 17.9. The van der Waals surface area contributed by atoms with Gasteiger partial charge in [0.1, 0.15) is 17.8 Å². The third-order valence-corrected chi connectivity index (χ3v) is 5.09. The summed E-state index contributed by atoms with van der Waals surface area (Å²) in [4.78, 5) is 33.9. The summed E-state index contributed by atoms with van der Waals surface area (Å²) in [5.41, 5.74) is 7.27. The summed E-state index contributed by atoms with van der Waals surface area (Å²) in [6.07, 6.45) is -2.68. The van der Waals surface area contributed by atoms with Crippen LogP contribution in [0.5, 0.6) is 0 Å². The molecule has 2 atom stereocenters. The number of carbonyl (C=O) groups excluding carboxylic acids is 1. The number of benzene rings is 2. The van der Waals surface area contributed by atoms with Crippen LogP contribution < -0.4 is 16.2 Å². The van der Waals surface area contributed by atoms with Crippen molar-refractivity contribution in [3.05, 3.63) is 69.8 Å². The molecule has 5 N–H and O–H groups in total. The third kappa shape index (κ3) is 3.44. The first-order valence-corrected chi connectivity index (χ1v) is 9.42. The van der Waals surface area contributed by atoms with E-state index in [-0.39, 0.29) is 29.2 Å². The molecule has 9 heteroatoms. The van der Waals surface area contributed by atoms with Gasteiger partial charge in [0.25, 0.3) is 11.5 Å². The maximum atomic E-state index is 13.0. The smallest absolute Gasteiger partial charge is 0.281 e. The molecular weight excluding hydrogens is 386 g/mol. The van der Waals surface area contributed by atoms with E-state index in [4.69, 9.17) is 15.9 Å². The summed E-state index contributed by atoms with van der Waals surface area (Å²) in [6.45, 7) is 2.54. The predicted molar refractivity (Wildman–Crippen MR) is 112 cm³/mol. The molecule has 0 radical (unpaired) electrons. The minimum atomic E-state index is -1.47. The van der Waals surface area contributed by atoms with Crippen molar-refractivity contribution >= 4 is 28.3 Å². The number of hydrogen-bond donors (Lipinski definition) is 4. The van der Waals surface area contributed by atoms with E-state index in [1.54, 1.807) is 23.1 Å². The lowest BCUT2D eigenvalue weighted by molar-refractivity contribution is -0.143. The molecule has 0 aliphatic carbocycles. The van der Waals surface area contributed by atoms with Crippen molar-refractivity contribution in [2.45, 2.75) is 19.1 Å². The number of aryl methyl sites for hydroxylation is 1. The number of nitrogen functional groups attached to an aromatic ring is 1. The maximum absolute atomic E-state index is 13.0. The fourth-order valence-corrected chi connectivity index (χ4v) is 3.54. The van der Waals surface area contributed by atoms with Crippen LogP contribution >= 0.6 is 0 Å². The number of hydrogen-bond acceptors (Lipinski definition) is 6. The zero-order chi connectivity index (χ0) is 21.4. The zero-order valence-electron chi connectivity index (χ0n) is 16.3. The molecule has 2 aromatic carbocycles. The van der Waals surface area contributed by atoms with Crippen molar-refractivity contribution in [1.29, 1.82) is 5.41 Å². The number of aliphatic hydroxyl groups is 1. The highest BCUT2D eigenvalue weighted by atomic mass is 16.5. The van der Waals surface area contributed by atoms with Crippen LogP contribution in [0.3, 0.4) is 0 Å². The summed E-state index contributed by atoms with van der Waals surface area (Å²) in [5.74, 6) is -0.768. The molecule has 1 aliphatic heterocycles. The maximum Gasteiger partial charge on any atom is 0.281 e. The average molecular weight is 407 g/mol. The Labute approximate surface area is 171 Å². The van der Waals surface area contributed by atoms with Crippen molar-refractivity contribution in [1.82, 2.24) is 9.97 Å². The van der Waals surface area contributed by atoms with Crippen molar-refractivity contribution in [2.75, 3.05) is 18.1 Å². The number of rotatable bonds is 4. The van der Waals surface area contributed by atoms with E-state index < -0.39 is 23.7 Å². The number of aromatic amines is 1. The Balaban J connectivity index is 1.68. The molecule has 0 unspecified atom stereocenters. The van der Waals surface area contributed by atoms with Crippen LogP contribution in [-0.4, -0.2) is 46.1 Å². The number of ether oxygens (including phenoxy) is 1. The quantitative estimate of drug-likeness (QED) is 0.375. The molecule has 1 amide bonds. The first kappa shape index (κ1) is 19.7. The lowest BCUT2D eigenvalue weighted by atomic mass is 10.1. The largest absolute Gasteiger partial charge is 0.384 e. The van der Waals surface area contributed by atoms with Crippen molar-refractivity contribution in [2.24, 2.45) is 5.73 Å². The Morgan fingerprint density at radius 3 is 2.73 bits per heavy atom. The number of nitrogens with one attached hydrogen (secondary N) is 2. The van der Waals surface area contributed by atoms with E-state index in [0.717, 1.165) is 5.56 Å². The SMILES string of the molecule is Cc1ccc(N2CCO[C@H]([C@@H](O)c3nc(=O)c4c(C(=N)N)cccc4[nH]3)C2=O)cc1. The molecule has 0 saturated carbocycles. The third-order valence-electron chi connectivity index (χ3n) is 5.09. The molecule has 0 bridgehead atoms. The minimum absolute atomic E-state index is 0.0858. The summed E-state index contributed by atoms with van der Waals surface area (Å²) >= 11 is 0. The lowest BCUT2D eigenvalue weighted by Crippen LogP contribution is -2.50. The van der Waals surface area contributed by atoms with E-state index in [0.29, 0.717) is 17.7 Å². The van der Waals surface area contributed by atoms with Gasteiger partial charge in [-0.3, -0.25) is 15.0 Å². The van der Waals surface area contributed by atoms with Gasteiger partial charge in [-0.1, -0.05) is 29.8 Å². The Morgan fingerprint density at radius 2 is 2.03 bits per heavy atom. The van der Waals surface area contributed by atoms with Gasteiger partial charge < -0.3 is 25.5 Å². The fraction of sp³-hybridized carbons (Fsp3) is 0.238. The molecule has 1 aromatic heterocycles. The average Bonchev–Trinajstić information content (AvgIpc) is 2.73. The number of aliphatic hydroxyl groups excluding tert-OH is 1. The van der Waals surface area contributed by atoms with Crippen LogP contribution in [0, 0.1) is 12.3 Å². The van der Waals surface area contributed by atoms with Crippen LogP contribution in [-0.2, 0) is 9.53 Å². The molecule has 1 aliphatic rings. The van der Waals surface area contributed by atoms with Gasteiger partial charge in [-0.15, -0.1) is 0 Å². The van der Waals surface area contributed by atoms with E-state index in [1.165, 1.54) is 0 Å². The van der Waals surface area contributed by atoms with Gasteiger partial charge in [0.05, 0.1) is 17.5 Å². The Morgan fingerprint density at radius 1 is 1.30 bits per heavy atom.